The molecule has 0 fully saturated rings. The van der Waals surface area contributed by atoms with Crippen LogP contribution in [0, 0.1) is 0 Å². The molecule has 0 radical (unpaired) electrons. The summed E-state index contributed by atoms with van der Waals surface area (Å²) in [6, 6.07) is 17.3. The minimum Gasteiger partial charge on any atom is -0.493 e. The Morgan fingerprint density at radius 3 is 2.52 bits per heavy atom. The number of methoxy groups -OCH3 is 1. The summed E-state index contributed by atoms with van der Waals surface area (Å²) in [5.74, 6) is 0.368. The molecule has 0 bridgehead atoms. The first-order valence-corrected chi connectivity index (χ1v) is 15.3. The molecular weight excluding hydrogens is 663 g/mol. The monoisotopic (exact) mass is 686 g/mol. The number of nitrogens with zero attached hydrogens (tertiary/aromatic N) is 2. The van der Waals surface area contributed by atoms with Gasteiger partial charge in [0.05, 0.1) is 29.5 Å². The highest BCUT2D eigenvalue weighted by Crippen LogP contribution is 2.37. The zero-order valence-electron chi connectivity index (χ0n) is 22.8. The Labute approximate surface area is 264 Å². The number of fused-ring (bicyclic) bond motifs is 1. The fourth-order valence-corrected chi connectivity index (χ4v) is 6.61. The van der Waals surface area contributed by atoms with Crippen LogP contribution < -0.4 is 24.4 Å². The highest BCUT2D eigenvalue weighted by atomic mass is 79.9. The van der Waals surface area contributed by atoms with Gasteiger partial charge in [0.2, 0.25) is 0 Å². The van der Waals surface area contributed by atoms with E-state index in [4.69, 9.17) is 37.4 Å². The van der Waals surface area contributed by atoms with Crippen LogP contribution in [0.25, 0.3) is 6.08 Å². The van der Waals surface area contributed by atoms with Gasteiger partial charge in [-0.2, -0.15) is 0 Å². The summed E-state index contributed by atoms with van der Waals surface area (Å²) in [7, 11) is 1.55. The van der Waals surface area contributed by atoms with Crippen LogP contribution in [0.15, 0.2) is 86.2 Å². The van der Waals surface area contributed by atoms with Crippen molar-refractivity contribution in [1.82, 2.24) is 4.57 Å². The minimum atomic E-state index is -0.816. The molecular formula is C31H25BrCl2N2O5S. The molecule has 4 aromatic rings. The van der Waals surface area contributed by atoms with Crippen molar-refractivity contribution in [3.63, 3.8) is 0 Å². The normalized spacial score (nSPS) is 14.8. The quantitative estimate of drug-likeness (QED) is 0.199. The van der Waals surface area contributed by atoms with Crippen LogP contribution in [0.5, 0.6) is 11.5 Å². The highest BCUT2D eigenvalue weighted by molar-refractivity contribution is 9.10. The summed E-state index contributed by atoms with van der Waals surface area (Å²) in [4.78, 5) is 32.3. The fraction of sp³-hybridized carbons (Fsp3) is 0.194. The lowest BCUT2D eigenvalue weighted by atomic mass is 9.96. The molecule has 11 heteroatoms. The number of allylic oxidation sites excluding steroid dienone is 1. The van der Waals surface area contributed by atoms with Crippen molar-refractivity contribution in [3.8, 4) is 11.5 Å². The van der Waals surface area contributed by atoms with E-state index in [1.54, 1.807) is 57.4 Å². The van der Waals surface area contributed by atoms with Gasteiger partial charge in [-0.05, 0) is 49.8 Å². The first-order chi connectivity index (χ1) is 20.2. The number of esters is 1. The molecule has 5 rings (SSSR count). The number of hydrogen-bond acceptors (Lipinski definition) is 7. The van der Waals surface area contributed by atoms with Gasteiger partial charge in [0, 0.05) is 25.6 Å². The molecule has 1 atom stereocenters. The largest absolute Gasteiger partial charge is 0.493 e. The van der Waals surface area contributed by atoms with Gasteiger partial charge >= 0.3 is 5.97 Å². The molecule has 3 aromatic carbocycles. The Balaban J connectivity index is 1.68. The van der Waals surface area contributed by atoms with E-state index >= 15 is 0 Å². The number of halogens is 3. The molecule has 1 aliphatic heterocycles. The Morgan fingerprint density at radius 1 is 1.12 bits per heavy atom. The van der Waals surface area contributed by atoms with Gasteiger partial charge in [-0.25, -0.2) is 9.79 Å². The average Bonchev–Trinajstić information content (AvgIpc) is 3.26. The molecule has 42 heavy (non-hydrogen) atoms. The van der Waals surface area contributed by atoms with Crippen molar-refractivity contribution in [2.45, 2.75) is 26.5 Å². The van der Waals surface area contributed by atoms with Crippen molar-refractivity contribution in [2.75, 3.05) is 13.7 Å². The molecule has 1 aliphatic rings. The maximum atomic E-state index is 14.1. The van der Waals surface area contributed by atoms with Crippen LogP contribution in [-0.4, -0.2) is 24.3 Å². The lowest BCUT2D eigenvalue weighted by molar-refractivity contribution is -0.139. The third-order valence-corrected chi connectivity index (χ3v) is 8.76. The first kappa shape index (κ1) is 30.1. The van der Waals surface area contributed by atoms with E-state index in [2.05, 4.69) is 20.9 Å². The molecule has 2 heterocycles. The van der Waals surface area contributed by atoms with Crippen LogP contribution in [0.3, 0.4) is 0 Å². The second-order valence-electron chi connectivity index (χ2n) is 9.23. The number of thiazole rings is 1. The van der Waals surface area contributed by atoms with Crippen LogP contribution in [-0.2, 0) is 16.1 Å². The van der Waals surface area contributed by atoms with Gasteiger partial charge in [-0.1, -0.05) is 86.9 Å². The molecule has 0 spiro atoms. The van der Waals surface area contributed by atoms with E-state index in [0.29, 0.717) is 47.7 Å². The predicted molar refractivity (Wildman–Crippen MR) is 168 cm³/mol. The van der Waals surface area contributed by atoms with Gasteiger partial charge < -0.3 is 14.2 Å². The molecule has 0 saturated carbocycles. The molecule has 7 nitrogen and oxygen atoms in total. The lowest BCUT2D eigenvalue weighted by Gasteiger charge is -2.25. The van der Waals surface area contributed by atoms with E-state index in [0.717, 1.165) is 10.0 Å². The second kappa shape index (κ2) is 12.9. The molecule has 0 aliphatic carbocycles. The summed E-state index contributed by atoms with van der Waals surface area (Å²) in [5.41, 5.74) is 2.38. The van der Waals surface area contributed by atoms with Crippen molar-refractivity contribution in [1.29, 1.82) is 0 Å². The van der Waals surface area contributed by atoms with E-state index < -0.39 is 12.0 Å². The zero-order chi connectivity index (χ0) is 30.0. The third kappa shape index (κ3) is 5.92. The van der Waals surface area contributed by atoms with Crippen molar-refractivity contribution in [2.24, 2.45) is 4.99 Å². The highest BCUT2D eigenvalue weighted by Gasteiger charge is 2.34. The smallest absolute Gasteiger partial charge is 0.338 e. The predicted octanol–water partition coefficient (Wildman–Crippen LogP) is 6.46. The van der Waals surface area contributed by atoms with E-state index in [-0.39, 0.29) is 24.3 Å². The topological polar surface area (TPSA) is 79.1 Å². The lowest BCUT2D eigenvalue weighted by Crippen LogP contribution is -2.40. The van der Waals surface area contributed by atoms with Crippen molar-refractivity contribution in [3.05, 3.63) is 123 Å². The van der Waals surface area contributed by atoms with Gasteiger partial charge in [-0.3, -0.25) is 9.36 Å². The summed E-state index contributed by atoms with van der Waals surface area (Å²) >= 11 is 17.7. The molecule has 0 unspecified atom stereocenters. The van der Waals surface area contributed by atoms with E-state index in [1.807, 2.05) is 30.3 Å². The molecule has 0 amide bonds. The van der Waals surface area contributed by atoms with Gasteiger partial charge in [-0.15, -0.1) is 0 Å². The summed E-state index contributed by atoms with van der Waals surface area (Å²) in [6.07, 6.45) is 1.73. The van der Waals surface area contributed by atoms with Crippen LogP contribution in [0.4, 0.5) is 0 Å². The van der Waals surface area contributed by atoms with Gasteiger partial charge in [0.25, 0.3) is 5.56 Å². The van der Waals surface area contributed by atoms with E-state index in [9.17, 15) is 9.59 Å². The maximum absolute atomic E-state index is 14.1. The fourth-order valence-electron chi connectivity index (χ4n) is 4.69. The molecule has 1 aromatic heterocycles. The SMILES string of the molecule is CCOC(=O)C1=C(C)N=c2s/c(=C\c3cc(Br)cc(OC)c3OCc3ccccc3Cl)c(=O)n2[C@H]1c1ccccc1Cl. The Hall–Kier alpha value is -3.37. The number of hydrogen-bond donors (Lipinski definition) is 0. The van der Waals surface area contributed by atoms with Crippen LogP contribution in [0.1, 0.15) is 36.6 Å². The number of aromatic nitrogens is 1. The molecule has 0 N–H and O–H groups in total. The minimum absolute atomic E-state index is 0.178. The molecule has 0 saturated heterocycles. The van der Waals surface area contributed by atoms with Gasteiger partial charge in [0.1, 0.15) is 12.6 Å². The maximum Gasteiger partial charge on any atom is 0.338 e. The van der Waals surface area contributed by atoms with Crippen LogP contribution in [0.2, 0.25) is 10.0 Å². The number of ether oxygens (including phenoxy) is 3. The second-order valence-corrected chi connectivity index (χ2v) is 12.0. The number of rotatable bonds is 8. The summed E-state index contributed by atoms with van der Waals surface area (Å²) in [6.45, 7) is 3.82. The molecule has 216 valence electrons. The van der Waals surface area contributed by atoms with Crippen molar-refractivity contribution >= 4 is 62.5 Å². The van der Waals surface area contributed by atoms with E-state index in [1.165, 1.54) is 15.9 Å². The third-order valence-electron chi connectivity index (χ3n) is 6.60. The Morgan fingerprint density at radius 2 is 1.83 bits per heavy atom. The van der Waals surface area contributed by atoms with Crippen molar-refractivity contribution < 1.29 is 19.0 Å². The average molecular weight is 688 g/mol. The number of carbonyl (C=O) groups excluding carboxylic acids is 1. The summed E-state index contributed by atoms with van der Waals surface area (Å²) in [5, 5.41) is 0.997. The summed E-state index contributed by atoms with van der Waals surface area (Å²) < 4.78 is 19.8. The number of carbonyl (C=O) groups is 1. The zero-order valence-corrected chi connectivity index (χ0v) is 26.7. The Bertz CT molecular complexity index is 1900. The first-order valence-electron chi connectivity index (χ1n) is 12.9. The van der Waals surface area contributed by atoms with Gasteiger partial charge in [0.15, 0.2) is 16.3 Å². The number of benzene rings is 3. The van der Waals surface area contributed by atoms with Crippen LogP contribution >= 0.6 is 50.5 Å². The Kier molecular flexibility index (Phi) is 9.22. The standard InChI is InChI=1S/C31H25BrCl2N2O5S/c1-4-40-30(38)26-17(2)35-31-36(27(26)21-10-6-8-12-23(21)34)29(37)25(42-31)14-19-13-20(32)15-24(39-3)28(19)41-16-18-9-5-7-11-22(18)33/h5-15,27H,4,16H2,1-3H3/b25-14-/t27-/m0/s1.